The van der Waals surface area contributed by atoms with Gasteiger partial charge in [-0.15, -0.1) is 11.3 Å². The van der Waals surface area contributed by atoms with E-state index < -0.39 is 0 Å². The van der Waals surface area contributed by atoms with Gasteiger partial charge in [-0.1, -0.05) is 11.6 Å². The topological polar surface area (TPSA) is 54.9 Å². The molecule has 1 amide bonds. The van der Waals surface area contributed by atoms with E-state index in [0.717, 1.165) is 10.6 Å². The first kappa shape index (κ1) is 12.0. The molecule has 0 aromatic carbocycles. The summed E-state index contributed by atoms with van der Waals surface area (Å²) in [7, 11) is 0. The third-order valence-corrected chi connectivity index (χ3v) is 3.42. The van der Waals surface area contributed by atoms with Crippen molar-refractivity contribution in [3.63, 3.8) is 0 Å². The number of hydrogen-bond donors (Lipinski definition) is 1. The van der Waals surface area contributed by atoms with Gasteiger partial charge in [0.1, 0.15) is 10.0 Å². The molecule has 0 spiro atoms. The number of nitrogens with zero attached hydrogens (tertiary/aromatic N) is 2. The summed E-state index contributed by atoms with van der Waals surface area (Å²) in [6.45, 7) is 3.69. The van der Waals surface area contributed by atoms with Crippen LogP contribution in [0.5, 0.6) is 0 Å². The highest BCUT2D eigenvalue weighted by Crippen LogP contribution is 2.18. The number of aromatic nitrogens is 2. The van der Waals surface area contributed by atoms with Crippen molar-refractivity contribution in [1.29, 1.82) is 0 Å². The molecule has 88 valence electrons. The maximum Gasteiger partial charge on any atom is 0.267 e. The molecule has 2 heterocycles. The highest BCUT2D eigenvalue weighted by atomic mass is 35.5. The molecule has 0 aliphatic carbocycles. The molecule has 2 aromatic heterocycles. The van der Waals surface area contributed by atoms with E-state index in [4.69, 9.17) is 11.6 Å². The number of amides is 1. The lowest BCUT2D eigenvalue weighted by atomic mass is 10.3. The van der Waals surface area contributed by atoms with E-state index in [9.17, 15) is 4.79 Å². The van der Waals surface area contributed by atoms with Gasteiger partial charge >= 0.3 is 0 Å². The Labute approximate surface area is 108 Å². The summed E-state index contributed by atoms with van der Waals surface area (Å²) in [5, 5.41) is 4.05. The Bertz CT molecular complexity index is 568. The van der Waals surface area contributed by atoms with Gasteiger partial charge in [-0.2, -0.15) is 0 Å². The van der Waals surface area contributed by atoms with Crippen molar-refractivity contribution in [1.82, 2.24) is 9.97 Å². The molecule has 17 heavy (non-hydrogen) atoms. The number of thiazole rings is 1. The van der Waals surface area contributed by atoms with Crippen LogP contribution in [0, 0.1) is 13.8 Å². The molecular formula is C11H10ClN3OS. The third kappa shape index (κ3) is 2.81. The van der Waals surface area contributed by atoms with Crippen molar-refractivity contribution in [2.45, 2.75) is 13.8 Å². The molecule has 0 aliphatic heterocycles. The maximum absolute atomic E-state index is 11.8. The van der Waals surface area contributed by atoms with Gasteiger partial charge in [0, 0.05) is 0 Å². The highest BCUT2D eigenvalue weighted by Gasteiger charge is 2.10. The Kier molecular flexibility index (Phi) is 3.40. The minimum absolute atomic E-state index is 0.181. The molecule has 0 fully saturated rings. The van der Waals surface area contributed by atoms with Crippen LogP contribution in [0.15, 0.2) is 18.5 Å². The molecule has 0 aliphatic rings. The number of carbonyl (C=O) groups excluding carboxylic acids is 1. The number of rotatable bonds is 2. The Balaban J connectivity index is 2.15. The number of pyridine rings is 1. The number of nitrogens with one attached hydrogen (secondary N) is 1. The number of hydrogen-bond acceptors (Lipinski definition) is 4. The molecular weight excluding hydrogens is 258 g/mol. The molecule has 0 saturated heterocycles. The van der Waals surface area contributed by atoms with Gasteiger partial charge in [-0.05, 0) is 25.5 Å². The molecule has 2 rings (SSSR count). The summed E-state index contributed by atoms with van der Waals surface area (Å²) >= 11 is 7.16. The Morgan fingerprint density at radius 3 is 2.71 bits per heavy atom. The molecule has 4 nitrogen and oxygen atoms in total. The zero-order chi connectivity index (χ0) is 12.4. The van der Waals surface area contributed by atoms with Crippen LogP contribution in [0.3, 0.4) is 0 Å². The van der Waals surface area contributed by atoms with Gasteiger partial charge in [0.25, 0.3) is 5.91 Å². The fourth-order valence-electron chi connectivity index (χ4n) is 1.29. The predicted octanol–water partition coefficient (Wildman–Crippen LogP) is 3.06. The molecule has 2 aromatic rings. The lowest BCUT2D eigenvalue weighted by molar-refractivity contribution is 0.103. The van der Waals surface area contributed by atoms with Gasteiger partial charge in [0.15, 0.2) is 0 Å². The Morgan fingerprint density at radius 1 is 1.35 bits per heavy atom. The molecule has 6 heteroatoms. The second kappa shape index (κ2) is 4.81. The van der Waals surface area contributed by atoms with Gasteiger partial charge in [0.05, 0.1) is 23.1 Å². The molecule has 0 atom stereocenters. The molecule has 0 bridgehead atoms. The number of carbonyl (C=O) groups is 1. The average Bonchev–Trinajstić information content (AvgIpc) is 2.70. The average molecular weight is 268 g/mol. The monoisotopic (exact) mass is 267 g/mol. The van der Waals surface area contributed by atoms with Crippen LogP contribution < -0.4 is 5.32 Å². The number of halogens is 1. The van der Waals surface area contributed by atoms with E-state index in [1.807, 2.05) is 13.8 Å². The van der Waals surface area contributed by atoms with Crippen LogP contribution >= 0.6 is 22.9 Å². The second-order valence-corrected chi connectivity index (χ2v) is 5.12. The van der Waals surface area contributed by atoms with Crippen molar-refractivity contribution in [2.24, 2.45) is 0 Å². The van der Waals surface area contributed by atoms with E-state index in [1.54, 1.807) is 12.3 Å². The molecule has 0 saturated carbocycles. The first-order valence-corrected chi connectivity index (χ1v) is 6.11. The number of aryl methyl sites for hydroxylation is 2. The second-order valence-electron chi connectivity index (χ2n) is 3.53. The fourth-order valence-corrected chi connectivity index (χ4v) is 2.06. The van der Waals surface area contributed by atoms with E-state index >= 15 is 0 Å². The fraction of sp³-hybridized carbons (Fsp3) is 0.182. The molecule has 0 unspecified atom stereocenters. The summed E-state index contributed by atoms with van der Waals surface area (Å²) in [6, 6.07) is 1.78. The standard InChI is InChI=1S/C11H10ClN3OS/c1-6-3-8(4-14-10(6)12)15-11(16)9-5-13-7(2)17-9/h3-5H,1-2H3,(H,15,16). The van der Waals surface area contributed by atoms with E-state index in [1.165, 1.54) is 17.5 Å². The lowest BCUT2D eigenvalue weighted by Gasteiger charge is -2.04. The van der Waals surface area contributed by atoms with Crippen LogP contribution in [-0.2, 0) is 0 Å². The van der Waals surface area contributed by atoms with Crippen LogP contribution in [0.25, 0.3) is 0 Å². The van der Waals surface area contributed by atoms with E-state index in [2.05, 4.69) is 15.3 Å². The summed E-state index contributed by atoms with van der Waals surface area (Å²) < 4.78 is 0. The summed E-state index contributed by atoms with van der Waals surface area (Å²) in [5.41, 5.74) is 1.45. The normalized spacial score (nSPS) is 10.3. The van der Waals surface area contributed by atoms with Crippen LogP contribution in [0.2, 0.25) is 5.15 Å². The van der Waals surface area contributed by atoms with Crippen molar-refractivity contribution < 1.29 is 4.79 Å². The Hall–Kier alpha value is -1.46. The summed E-state index contributed by atoms with van der Waals surface area (Å²) in [4.78, 5) is 20.4. The largest absolute Gasteiger partial charge is 0.320 e. The van der Waals surface area contributed by atoms with Gasteiger partial charge < -0.3 is 5.32 Å². The first-order valence-electron chi connectivity index (χ1n) is 4.92. The van der Waals surface area contributed by atoms with Crippen LogP contribution in [-0.4, -0.2) is 15.9 Å². The van der Waals surface area contributed by atoms with Crippen LogP contribution in [0.4, 0.5) is 5.69 Å². The lowest BCUT2D eigenvalue weighted by Crippen LogP contribution is -2.10. The third-order valence-electron chi connectivity index (χ3n) is 2.12. The van der Waals surface area contributed by atoms with Crippen molar-refractivity contribution in [2.75, 3.05) is 5.32 Å². The number of anilines is 1. The first-order chi connectivity index (χ1) is 8.06. The van der Waals surface area contributed by atoms with Gasteiger partial charge in [-0.25, -0.2) is 9.97 Å². The summed E-state index contributed by atoms with van der Waals surface area (Å²) in [6.07, 6.45) is 3.09. The van der Waals surface area contributed by atoms with Crippen molar-refractivity contribution >= 4 is 34.5 Å². The summed E-state index contributed by atoms with van der Waals surface area (Å²) in [5.74, 6) is -0.181. The Morgan fingerprint density at radius 2 is 2.12 bits per heavy atom. The molecule has 0 radical (unpaired) electrons. The zero-order valence-corrected chi connectivity index (χ0v) is 10.9. The zero-order valence-electron chi connectivity index (χ0n) is 9.32. The van der Waals surface area contributed by atoms with E-state index in [0.29, 0.717) is 15.7 Å². The highest BCUT2D eigenvalue weighted by molar-refractivity contribution is 7.13. The van der Waals surface area contributed by atoms with Gasteiger partial charge in [-0.3, -0.25) is 4.79 Å². The minimum Gasteiger partial charge on any atom is -0.320 e. The van der Waals surface area contributed by atoms with Crippen molar-refractivity contribution in [3.05, 3.63) is 39.1 Å². The van der Waals surface area contributed by atoms with Crippen molar-refractivity contribution in [3.8, 4) is 0 Å². The maximum atomic E-state index is 11.8. The quantitative estimate of drug-likeness (QED) is 0.851. The minimum atomic E-state index is -0.181. The smallest absolute Gasteiger partial charge is 0.267 e. The predicted molar refractivity (Wildman–Crippen MR) is 68.8 cm³/mol. The molecule has 1 N–H and O–H groups in total. The van der Waals surface area contributed by atoms with E-state index in [-0.39, 0.29) is 5.91 Å². The van der Waals surface area contributed by atoms with Gasteiger partial charge in [0.2, 0.25) is 0 Å². The SMILES string of the molecule is Cc1ncc(C(=O)Nc2cnc(Cl)c(C)c2)s1. The van der Waals surface area contributed by atoms with Crippen LogP contribution in [0.1, 0.15) is 20.2 Å².